The zero-order valence-electron chi connectivity index (χ0n) is 10.1. The van der Waals surface area contributed by atoms with Gasteiger partial charge in [-0.05, 0) is 24.6 Å². The minimum atomic E-state index is 0.0951. The van der Waals surface area contributed by atoms with Gasteiger partial charge in [0.1, 0.15) is 5.75 Å². The zero-order valence-corrected chi connectivity index (χ0v) is 10.8. The van der Waals surface area contributed by atoms with E-state index in [1.165, 1.54) is 0 Å². The average molecular weight is 257 g/mol. The molecule has 1 aromatic rings. The molecule has 1 aromatic carbocycles. The van der Waals surface area contributed by atoms with Gasteiger partial charge in [-0.2, -0.15) is 0 Å². The smallest absolute Gasteiger partial charge is 0.222 e. The number of ether oxygens (including phenoxy) is 1. The minimum Gasteiger partial charge on any atom is -0.491 e. The fourth-order valence-electron chi connectivity index (χ4n) is 1.28. The normalized spacial score (nSPS) is 10.1. The summed E-state index contributed by atoms with van der Waals surface area (Å²) < 4.78 is 5.47. The highest BCUT2D eigenvalue weighted by atomic mass is 35.5. The largest absolute Gasteiger partial charge is 0.491 e. The third kappa shape index (κ3) is 4.53. The van der Waals surface area contributed by atoms with Gasteiger partial charge in [-0.25, -0.2) is 0 Å². The van der Waals surface area contributed by atoms with E-state index in [2.05, 4.69) is 0 Å². The number of benzene rings is 1. The van der Waals surface area contributed by atoms with Crippen molar-refractivity contribution in [2.45, 2.75) is 12.8 Å². The van der Waals surface area contributed by atoms with Crippen molar-refractivity contribution in [3.8, 4) is 5.75 Å². The topological polar surface area (TPSA) is 55.6 Å². The maximum Gasteiger partial charge on any atom is 0.222 e. The Morgan fingerprint density at radius 1 is 1.47 bits per heavy atom. The number of carbonyl (C=O) groups excluding carboxylic acids is 1. The molecular formula is C12H17ClN2O2. The molecule has 0 aliphatic rings. The number of nitrogens with zero attached hydrogens (tertiary/aromatic N) is 1. The van der Waals surface area contributed by atoms with Crippen molar-refractivity contribution in [2.24, 2.45) is 0 Å². The van der Waals surface area contributed by atoms with Gasteiger partial charge in [0.2, 0.25) is 5.91 Å². The molecule has 1 rings (SSSR count). The zero-order chi connectivity index (χ0) is 12.8. The second kappa shape index (κ2) is 6.35. The number of hydrogen-bond donors (Lipinski definition) is 1. The van der Waals surface area contributed by atoms with Crippen LogP contribution >= 0.6 is 11.6 Å². The summed E-state index contributed by atoms with van der Waals surface area (Å²) >= 11 is 5.77. The molecule has 5 heteroatoms. The van der Waals surface area contributed by atoms with Gasteiger partial charge in [0, 0.05) is 25.5 Å². The van der Waals surface area contributed by atoms with Crippen molar-refractivity contribution in [1.29, 1.82) is 0 Å². The molecule has 0 spiro atoms. The van der Waals surface area contributed by atoms with Crippen LogP contribution in [-0.4, -0.2) is 31.5 Å². The molecule has 0 saturated carbocycles. The first-order valence-corrected chi connectivity index (χ1v) is 5.76. The first-order valence-electron chi connectivity index (χ1n) is 5.38. The van der Waals surface area contributed by atoms with Crippen LogP contribution in [0.15, 0.2) is 18.2 Å². The first kappa shape index (κ1) is 13.6. The molecule has 0 aromatic heterocycles. The molecule has 0 heterocycles. The number of nitrogens with two attached hydrogens (primary N) is 1. The van der Waals surface area contributed by atoms with Gasteiger partial charge in [0.15, 0.2) is 0 Å². The molecule has 2 N–H and O–H groups in total. The number of rotatable bonds is 5. The van der Waals surface area contributed by atoms with Crippen LogP contribution in [0.1, 0.15) is 12.8 Å². The molecule has 0 bridgehead atoms. The lowest BCUT2D eigenvalue weighted by atomic mass is 10.3. The SMILES string of the molecule is CN(C)C(=O)CCCOc1ccc(Cl)cc1N. The van der Waals surface area contributed by atoms with Gasteiger partial charge in [0.25, 0.3) is 0 Å². The Morgan fingerprint density at radius 3 is 2.76 bits per heavy atom. The molecule has 17 heavy (non-hydrogen) atoms. The second-order valence-corrected chi connectivity index (χ2v) is 4.36. The number of hydrogen-bond acceptors (Lipinski definition) is 3. The van der Waals surface area contributed by atoms with Gasteiger partial charge in [-0.3, -0.25) is 4.79 Å². The van der Waals surface area contributed by atoms with E-state index in [4.69, 9.17) is 22.1 Å². The fraction of sp³-hybridized carbons (Fsp3) is 0.417. The molecule has 0 atom stereocenters. The second-order valence-electron chi connectivity index (χ2n) is 3.92. The van der Waals surface area contributed by atoms with E-state index in [-0.39, 0.29) is 5.91 Å². The van der Waals surface area contributed by atoms with Crippen molar-refractivity contribution >= 4 is 23.2 Å². The van der Waals surface area contributed by atoms with Crippen molar-refractivity contribution in [1.82, 2.24) is 4.90 Å². The van der Waals surface area contributed by atoms with E-state index in [9.17, 15) is 4.79 Å². The summed E-state index contributed by atoms with van der Waals surface area (Å²) in [5.41, 5.74) is 6.24. The Labute approximate surface area is 106 Å². The van der Waals surface area contributed by atoms with Crippen LogP contribution in [0.5, 0.6) is 5.75 Å². The summed E-state index contributed by atoms with van der Waals surface area (Å²) in [6.07, 6.45) is 1.14. The van der Waals surface area contributed by atoms with E-state index >= 15 is 0 Å². The van der Waals surface area contributed by atoms with Gasteiger partial charge in [0.05, 0.1) is 12.3 Å². The predicted octanol–water partition coefficient (Wildman–Crippen LogP) is 2.17. The molecule has 0 radical (unpaired) electrons. The first-order chi connectivity index (χ1) is 8.00. The minimum absolute atomic E-state index is 0.0951. The van der Waals surface area contributed by atoms with Crippen molar-refractivity contribution in [3.63, 3.8) is 0 Å². The highest BCUT2D eigenvalue weighted by molar-refractivity contribution is 6.30. The van der Waals surface area contributed by atoms with Crippen LogP contribution in [0.2, 0.25) is 5.02 Å². The molecule has 0 aliphatic carbocycles. The number of anilines is 1. The van der Waals surface area contributed by atoms with Gasteiger partial charge < -0.3 is 15.4 Å². The van der Waals surface area contributed by atoms with E-state index in [0.29, 0.717) is 35.9 Å². The van der Waals surface area contributed by atoms with Crippen LogP contribution in [0.3, 0.4) is 0 Å². The Kier molecular flexibility index (Phi) is 5.10. The Bertz CT molecular complexity index is 394. The molecule has 0 saturated heterocycles. The molecule has 1 amide bonds. The van der Waals surface area contributed by atoms with Gasteiger partial charge >= 0.3 is 0 Å². The Morgan fingerprint density at radius 2 is 2.18 bits per heavy atom. The van der Waals surface area contributed by atoms with E-state index in [0.717, 1.165) is 0 Å². The summed E-state index contributed by atoms with van der Waals surface area (Å²) in [5, 5.41) is 0.581. The van der Waals surface area contributed by atoms with E-state index in [1.807, 2.05) is 0 Å². The molecule has 94 valence electrons. The summed E-state index contributed by atoms with van der Waals surface area (Å²) in [6, 6.07) is 5.09. The molecule has 0 unspecified atom stereocenters. The van der Waals surface area contributed by atoms with Crippen molar-refractivity contribution in [3.05, 3.63) is 23.2 Å². The highest BCUT2D eigenvalue weighted by Crippen LogP contribution is 2.24. The summed E-state index contributed by atoms with van der Waals surface area (Å²) in [7, 11) is 3.47. The number of nitrogen functional groups attached to an aromatic ring is 1. The van der Waals surface area contributed by atoms with Crippen LogP contribution in [0.4, 0.5) is 5.69 Å². The number of amides is 1. The summed E-state index contributed by atoms with van der Waals surface area (Å²) in [6.45, 7) is 0.464. The van der Waals surface area contributed by atoms with Crippen molar-refractivity contribution < 1.29 is 9.53 Å². The quantitative estimate of drug-likeness (QED) is 0.649. The van der Waals surface area contributed by atoms with Crippen LogP contribution in [0.25, 0.3) is 0 Å². The lowest BCUT2D eigenvalue weighted by Crippen LogP contribution is -2.21. The van der Waals surface area contributed by atoms with E-state index in [1.54, 1.807) is 37.2 Å². The Hall–Kier alpha value is -1.42. The number of carbonyl (C=O) groups is 1. The van der Waals surface area contributed by atoms with Gasteiger partial charge in [-0.1, -0.05) is 11.6 Å². The molecule has 0 aliphatic heterocycles. The molecular weight excluding hydrogens is 240 g/mol. The molecule has 4 nitrogen and oxygen atoms in total. The third-order valence-corrected chi connectivity index (χ3v) is 2.50. The standard InChI is InChI=1S/C12H17ClN2O2/c1-15(2)12(16)4-3-7-17-11-6-5-9(13)8-10(11)14/h5-6,8H,3-4,7,14H2,1-2H3. The summed E-state index contributed by atoms with van der Waals surface area (Å²) in [4.78, 5) is 12.9. The number of halogens is 1. The van der Waals surface area contributed by atoms with Crippen LogP contribution in [0, 0.1) is 0 Å². The lowest BCUT2D eigenvalue weighted by molar-refractivity contribution is -0.128. The third-order valence-electron chi connectivity index (χ3n) is 2.26. The van der Waals surface area contributed by atoms with Crippen molar-refractivity contribution in [2.75, 3.05) is 26.4 Å². The maximum atomic E-state index is 11.3. The monoisotopic (exact) mass is 256 g/mol. The van der Waals surface area contributed by atoms with Gasteiger partial charge in [-0.15, -0.1) is 0 Å². The lowest BCUT2D eigenvalue weighted by Gasteiger charge is -2.11. The highest BCUT2D eigenvalue weighted by Gasteiger charge is 2.04. The molecule has 0 fully saturated rings. The predicted molar refractivity (Wildman–Crippen MR) is 69.3 cm³/mol. The summed E-state index contributed by atoms with van der Waals surface area (Å²) in [5.74, 6) is 0.699. The van der Waals surface area contributed by atoms with Crippen LogP contribution in [-0.2, 0) is 4.79 Å². The van der Waals surface area contributed by atoms with Crippen LogP contribution < -0.4 is 10.5 Å². The Balaban J connectivity index is 2.34. The average Bonchev–Trinajstić information content (AvgIpc) is 2.26. The van der Waals surface area contributed by atoms with E-state index < -0.39 is 0 Å². The fourth-order valence-corrected chi connectivity index (χ4v) is 1.46. The maximum absolute atomic E-state index is 11.3.